The van der Waals surface area contributed by atoms with Gasteiger partial charge in [0.25, 0.3) is 6.29 Å². The van der Waals surface area contributed by atoms with Crippen LogP contribution >= 0.6 is 0 Å². The van der Waals surface area contributed by atoms with Crippen molar-refractivity contribution in [3.05, 3.63) is 18.0 Å². The predicted octanol–water partition coefficient (Wildman–Crippen LogP) is 0.414. The fourth-order valence-electron chi connectivity index (χ4n) is 2.95. The zero-order valence-electron chi connectivity index (χ0n) is 17.9. The zero-order chi connectivity index (χ0) is 24.9. The van der Waals surface area contributed by atoms with Crippen LogP contribution in [0.25, 0.3) is 0 Å². The average molecular weight is 482 g/mol. The molecule has 0 spiro atoms. The molecule has 2 rings (SSSR count). The van der Waals surface area contributed by atoms with E-state index in [2.05, 4.69) is 5.10 Å². The molecule has 5 atom stereocenters. The van der Waals surface area contributed by atoms with Crippen LogP contribution in [0, 0.1) is 0 Å². The maximum atomic E-state index is 13.2. The lowest BCUT2D eigenvalue weighted by Crippen LogP contribution is -2.64. The highest BCUT2D eigenvalue weighted by Gasteiger charge is 2.54. The second kappa shape index (κ2) is 10.5. The number of hydrogen-bond donors (Lipinski definition) is 0. The third kappa shape index (κ3) is 7.06. The second-order valence-electron chi connectivity index (χ2n) is 6.76. The van der Waals surface area contributed by atoms with Crippen molar-refractivity contribution in [2.24, 2.45) is 0 Å². The molecule has 1 saturated heterocycles. The fourth-order valence-corrected chi connectivity index (χ4v) is 2.95. The Balaban J connectivity index is 2.49. The van der Waals surface area contributed by atoms with Gasteiger partial charge in [-0.1, -0.05) is 4.85 Å². The van der Waals surface area contributed by atoms with Crippen molar-refractivity contribution >= 4 is 23.9 Å². The molecular formula is C18H21F3N2O10. The first-order valence-corrected chi connectivity index (χ1v) is 9.38. The molecule has 0 radical (unpaired) electrons. The Bertz CT molecular complexity index is 887. The molecule has 184 valence electrons. The monoisotopic (exact) mass is 482 g/mol. The van der Waals surface area contributed by atoms with Gasteiger partial charge in [-0.2, -0.15) is 13.2 Å². The summed E-state index contributed by atoms with van der Waals surface area (Å²) in [5.41, 5.74) is -1.32. The molecule has 2 heterocycles. The van der Waals surface area contributed by atoms with Gasteiger partial charge in [0.05, 0.1) is 6.20 Å². The number of carbonyl (C=O) groups is 4. The van der Waals surface area contributed by atoms with Crippen LogP contribution < -0.4 is 4.84 Å². The largest absolute Gasteiger partial charge is 0.463 e. The van der Waals surface area contributed by atoms with Crippen molar-refractivity contribution in [3.63, 3.8) is 0 Å². The Morgan fingerprint density at radius 2 is 1.48 bits per heavy atom. The van der Waals surface area contributed by atoms with Crippen molar-refractivity contribution in [1.82, 2.24) is 9.94 Å². The third-order valence-electron chi connectivity index (χ3n) is 4.05. The fraction of sp³-hybridized carbons (Fsp3) is 0.611. The Labute approximate surface area is 184 Å². The van der Waals surface area contributed by atoms with E-state index in [0.717, 1.165) is 33.9 Å². The molecule has 12 nitrogen and oxygen atoms in total. The molecule has 0 N–H and O–H groups in total. The number of halogens is 3. The molecular weight excluding hydrogens is 461 g/mol. The molecule has 0 bridgehead atoms. The lowest BCUT2D eigenvalue weighted by atomic mass is 9.98. The Morgan fingerprint density at radius 3 is 2.00 bits per heavy atom. The van der Waals surface area contributed by atoms with E-state index in [1.807, 2.05) is 0 Å². The SMILES string of the molecule is CC(=O)OC[C@H]1O[C@@H](On2nccc2C(F)(F)F)[C@H](OC(C)=O)[C@@H](OC(C)=O)[C@@H]1OC(C)=O. The van der Waals surface area contributed by atoms with Gasteiger partial charge in [0.2, 0.25) is 6.10 Å². The number of alkyl halides is 3. The molecule has 15 heteroatoms. The summed E-state index contributed by atoms with van der Waals surface area (Å²) >= 11 is 0. The second-order valence-corrected chi connectivity index (χ2v) is 6.76. The smallest absolute Gasteiger partial charge is 0.436 e. The molecule has 1 aromatic heterocycles. The lowest BCUT2D eigenvalue weighted by molar-refractivity contribution is -0.312. The number of nitrogens with zero attached hydrogens (tertiary/aromatic N) is 2. The first kappa shape index (κ1) is 25.9. The van der Waals surface area contributed by atoms with Gasteiger partial charge in [0.15, 0.2) is 17.9 Å². The number of rotatable bonds is 7. The molecule has 1 aromatic rings. The van der Waals surface area contributed by atoms with E-state index in [-0.39, 0.29) is 4.85 Å². The summed E-state index contributed by atoms with van der Waals surface area (Å²) in [5.74, 6) is -3.46. The molecule has 0 aromatic carbocycles. The van der Waals surface area contributed by atoms with Crippen LogP contribution in [-0.2, 0) is 49.0 Å². The third-order valence-corrected chi connectivity index (χ3v) is 4.05. The maximum Gasteiger partial charge on any atom is 0.436 e. The summed E-state index contributed by atoms with van der Waals surface area (Å²) in [7, 11) is 0. The van der Waals surface area contributed by atoms with Crippen molar-refractivity contribution in [1.29, 1.82) is 0 Å². The van der Waals surface area contributed by atoms with Crippen LogP contribution in [0.4, 0.5) is 13.2 Å². The summed E-state index contributed by atoms with van der Waals surface area (Å²) in [5, 5.41) is 3.42. The highest BCUT2D eigenvalue weighted by atomic mass is 19.4. The number of esters is 4. The van der Waals surface area contributed by atoms with E-state index in [9.17, 15) is 32.3 Å². The molecule has 1 aliphatic heterocycles. The molecule has 0 saturated carbocycles. The molecule has 0 amide bonds. The molecule has 0 unspecified atom stereocenters. The quantitative estimate of drug-likeness (QED) is 0.394. The van der Waals surface area contributed by atoms with Gasteiger partial charge in [-0.3, -0.25) is 19.2 Å². The highest BCUT2D eigenvalue weighted by Crippen LogP contribution is 2.31. The van der Waals surface area contributed by atoms with Gasteiger partial charge in [0.1, 0.15) is 12.7 Å². The van der Waals surface area contributed by atoms with E-state index in [0.29, 0.717) is 6.07 Å². The molecule has 0 aliphatic carbocycles. The van der Waals surface area contributed by atoms with E-state index >= 15 is 0 Å². The molecule has 33 heavy (non-hydrogen) atoms. The standard InChI is InChI=1S/C18H21F3N2O10/c1-8(24)28-7-12-14(29-9(2)25)15(30-10(3)26)16(31-11(4)27)17(32-12)33-23-13(5-6-22-23)18(19,20)21/h5-6,12,14-17H,7H2,1-4H3/t12-,14-,15+,16-,17+/m1/s1. The van der Waals surface area contributed by atoms with Crippen LogP contribution in [0.5, 0.6) is 0 Å². The van der Waals surface area contributed by atoms with E-state index in [1.54, 1.807) is 0 Å². The normalized spacial score (nSPS) is 25.0. The average Bonchev–Trinajstić information content (AvgIpc) is 3.12. The van der Waals surface area contributed by atoms with Crippen molar-refractivity contribution in [2.45, 2.75) is 64.6 Å². The van der Waals surface area contributed by atoms with E-state index in [4.69, 9.17) is 28.5 Å². The summed E-state index contributed by atoms with van der Waals surface area (Å²) in [4.78, 5) is 51.6. The lowest BCUT2D eigenvalue weighted by Gasteiger charge is -2.43. The number of ether oxygens (including phenoxy) is 5. The number of carbonyl (C=O) groups excluding carboxylic acids is 4. The Kier molecular flexibility index (Phi) is 8.24. The maximum absolute atomic E-state index is 13.2. The summed E-state index contributed by atoms with van der Waals surface area (Å²) in [6.45, 7) is 3.50. The summed E-state index contributed by atoms with van der Waals surface area (Å²) in [6.07, 6.45) is -12.1. The Hall–Kier alpha value is -3.36. The summed E-state index contributed by atoms with van der Waals surface area (Å²) < 4.78 is 65.5. The molecule has 1 fully saturated rings. The zero-order valence-corrected chi connectivity index (χ0v) is 17.9. The molecule has 1 aliphatic rings. The van der Waals surface area contributed by atoms with Crippen molar-refractivity contribution in [3.8, 4) is 0 Å². The minimum Gasteiger partial charge on any atom is -0.463 e. The van der Waals surface area contributed by atoms with Crippen LogP contribution in [0.2, 0.25) is 0 Å². The first-order chi connectivity index (χ1) is 15.3. The van der Waals surface area contributed by atoms with Crippen molar-refractivity contribution in [2.75, 3.05) is 6.61 Å². The Morgan fingerprint density at radius 1 is 0.939 bits per heavy atom. The first-order valence-electron chi connectivity index (χ1n) is 9.38. The topological polar surface area (TPSA) is 141 Å². The van der Waals surface area contributed by atoms with Gasteiger partial charge in [-0.15, -0.1) is 5.10 Å². The van der Waals surface area contributed by atoms with Gasteiger partial charge < -0.3 is 28.5 Å². The van der Waals surface area contributed by atoms with Crippen LogP contribution in [0.3, 0.4) is 0 Å². The van der Waals surface area contributed by atoms with Gasteiger partial charge in [-0.25, -0.2) is 0 Å². The van der Waals surface area contributed by atoms with E-state index in [1.165, 1.54) is 0 Å². The van der Waals surface area contributed by atoms with Gasteiger partial charge >= 0.3 is 30.1 Å². The van der Waals surface area contributed by atoms with Gasteiger partial charge in [-0.05, 0) is 6.07 Å². The van der Waals surface area contributed by atoms with Gasteiger partial charge in [0, 0.05) is 27.7 Å². The minimum atomic E-state index is -4.87. The predicted molar refractivity (Wildman–Crippen MR) is 95.8 cm³/mol. The van der Waals surface area contributed by atoms with Crippen LogP contribution in [0.1, 0.15) is 33.4 Å². The van der Waals surface area contributed by atoms with Crippen LogP contribution in [-0.4, -0.2) is 71.1 Å². The highest BCUT2D eigenvalue weighted by molar-refractivity contribution is 5.68. The number of hydrogen-bond acceptors (Lipinski definition) is 11. The van der Waals surface area contributed by atoms with Crippen LogP contribution in [0.15, 0.2) is 12.3 Å². The van der Waals surface area contributed by atoms with E-state index < -0.39 is 73.1 Å². The van der Waals surface area contributed by atoms with Crippen molar-refractivity contribution < 1.29 is 60.9 Å². The summed E-state index contributed by atoms with van der Waals surface area (Å²) in [6, 6.07) is 0.616. The minimum absolute atomic E-state index is 0.0844. The number of aromatic nitrogens is 2.